The Bertz CT molecular complexity index is 599. The van der Waals surface area contributed by atoms with Gasteiger partial charge in [0.25, 0.3) is 0 Å². The third-order valence-electron chi connectivity index (χ3n) is 2.45. The van der Waals surface area contributed by atoms with Crippen LogP contribution in [0.2, 0.25) is 0 Å². The molecule has 1 aromatic carbocycles. The first-order chi connectivity index (χ1) is 8.65. The Morgan fingerprint density at radius 3 is 3.11 bits per heavy atom. The SMILES string of the molecule is CC(=O)ONCCCc1ccc2[nH]c(=O)oc2c1. The smallest absolute Gasteiger partial charge is 0.408 e. The van der Waals surface area contributed by atoms with Gasteiger partial charge in [-0.25, -0.2) is 4.79 Å². The Morgan fingerprint density at radius 1 is 1.50 bits per heavy atom. The van der Waals surface area contributed by atoms with Crippen LogP contribution in [-0.2, 0) is 16.1 Å². The van der Waals surface area contributed by atoms with Gasteiger partial charge in [0, 0.05) is 13.5 Å². The average Bonchev–Trinajstić information content (AvgIpc) is 2.67. The summed E-state index contributed by atoms with van der Waals surface area (Å²) in [5, 5.41) is 0. The van der Waals surface area contributed by atoms with Gasteiger partial charge in [-0.05, 0) is 30.5 Å². The molecule has 1 heterocycles. The highest BCUT2D eigenvalue weighted by Crippen LogP contribution is 2.13. The number of carbonyl (C=O) groups excluding carboxylic acids is 1. The Kier molecular flexibility index (Phi) is 3.78. The van der Waals surface area contributed by atoms with Crippen molar-refractivity contribution < 1.29 is 14.0 Å². The van der Waals surface area contributed by atoms with Crippen molar-refractivity contribution in [2.45, 2.75) is 19.8 Å². The van der Waals surface area contributed by atoms with E-state index in [1.165, 1.54) is 6.92 Å². The molecule has 96 valence electrons. The molecule has 0 unspecified atom stereocenters. The molecule has 0 saturated heterocycles. The minimum atomic E-state index is -0.446. The molecule has 0 atom stereocenters. The van der Waals surface area contributed by atoms with Crippen molar-refractivity contribution in [3.8, 4) is 0 Å². The summed E-state index contributed by atoms with van der Waals surface area (Å²) in [5.74, 6) is -0.802. The van der Waals surface area contributed by atoms with Crippen LogP contribution in [0.5, 0.6) is 0 Å². The zero-order chi connectivity index (χ0) is 13.0. The van der Waals surface area contributed by atoms with E-state index in [4.69, 9.17) is 4.42 Å². The quantitative estimate of drug-likeness (QED) is 0.613. The summed E-state index contributed by atoms with van der Waals surface area (Å²) in [4.78, 5) is 28.7. The first-order valence-corrected chi connectivity index (χ1v) is 5.67. The molecule has 1 aromatic heterocycles. The topological polar surface area (TPSA) is 84.3 Å². The standard InChI is InChI=1S/C12H14N2O4/c1-8(15)18-13-6-2-3-9-4-5-10-11(7-9)17-12(16)14-10/h4-5,7,13H,2-3,6H2,1H3,(H,14,16). The van der Waals surface area contributed by atoms with E-state index < -0.39 is 5.76 Å². The number of fused-ring (bicyclic) bond motifs is 1. The number of H-pyrrole nitrogens is 1. The highest BCUT2D eigenvalue weighted by atomic mass is 16.7. The fraction of sp³-hybridized carbons (Fsp3) is 0.333. The third kappa shape index (κ3) is 3.21. The van der Waals surface area contributed by atoms with Gasteiger partial charge in [-0.15, -0.1) is 0 Å². The van der Waals surface area contributed by atoms with Crippen LogP contribution in [0.15, 0.2) is 27.4 Å². The average molecular weight is 250 g/mol. The zero-order valence-electron chi connectivity index (χ0n) is 9.99. The molecule has 0 saturated carbocycles. The number of hydrogen-bond acceptors (Lipinski definition) is 5. The molecule has 2 N–H and O–H groups in total. The van der Waals surface area contributed by atoms with Crippen molar-refractivity contribution in [2.24, 2.45) is 0 Å². The van der Waals surface area contributed by atoms with Gasteiger partial charge in [0.2, 0.25) is 0 Å². The lowest BCUT2D eigenvalue weighted by Gasteiger charge is -2.03. The highest BCUT2D eigenvalue weighted by Gasteiger charge is 2.02. The van der Waals surface area contributed by atoms with Crippen LogP contribution in [0, 0.1) is 0 Å². The summed E-state index contributed by atoms with van der Waals surface area (Å²) in [5.41, 5.74) is 4.89. The lowest BCUT2D eigenvalue weighted by molar-refractivity contribution is -0.148. The number of oxazole rings is 1. The van der Waals surface area contributed by atoms with Crippen molar-refractivity contribution in [3.05, 3.63) is 34.3 Å². The molecule has 2 rings (SSSR count). The molecule has 0 spiro atoms. The minimum absolute atomic E-state index is 0.356. The predicted octanol–water partition coefficient (Wildman–Crippen LogP) is 1.12. The summed E-state index contributed by atoms with van der Waals surface area (Å²) in [6.07, 6.45) is 1.62. The van der Waals surface area contributed by atoms with Crippen molar-refractivity contribution in [2.75, 3.05) is 6.54 Å². The molecule has 18 heavy (non-hydrogen) atoms. The van der Waals surface area contributed by atoms with Gasteiger partial charge in [0.05, 0.1) is 5.52 Å². The molecule has 0 radical (unpaired) electrons. The van der Waals surface area contributed by atoms with E-state index in [9.17, 15) is 9.59 Å². The van der Waals surface area contributed by atoms with Crippen LogP contribution in [0.4, 0.5) is 0 Å². The molecule has 6 heteroatoms. The maximum atomic E-state index is 11.0. The number of nitrogens with one attached hydrogen (secondary N) is 2. The molecule has 6 nitrogen and oxygen atoms in total. The number of hydrogen-bond donors (Lipinski definition) is 2. The van der Waals surface area contributed by atoms with Crippen molar-refractivity contribution in [1.82, 2.24) is 10.5 Å². The van der Waals surface area contributed by atoms with E-state index in [2.05, 4.69) is 15.3 Å². The molecular formula is C12H14N2O4. The fourth-order valence-electron chi connectivity index (χ4n) is 1.66. The Labute approximate surface area is 103 Å². The maximum Gasteiger partial charge on any atom is 0.417 e. The second-order valence-corrected chi connectivity index (χ2v) is 3.94. The zero-order valence-corrected chi connectivity index (χ0v) is 9.99. The number of aromatic amines is 1. The van der Waals surface area contributed by atoms with E-state index >= 15 is 0 Å². The monoisotopic (exact) mass is 250 g/mol. The molecule has 0 fully saturated rings. The fourth-order valence-corrected chi connectivity index (χ4v) is 1.66. The summed E-state index contributed by atoms with van der Waals surface area (Å²) >= 11 is 0. The molecule has 0 bridgehead atoms. The number of carbonyl (C=O) groups is 1. The Balaban J connectivity index is 1.87. The number of rotatable bonds is 5. The highest BCUT2D eigenvalue weighted by molar-refractivity contribution is 5.72. The minimum Gasteiger partial charge on any atom is -0.408 e. The number of aryl methyl sites for hydroxylation is 1. The van der Waals surface area contributed by atoms with Gasteiger partial charge in [0.15, 0.2) is 5.58 Å². The summed E-state index contributed by atoms with van der Waals surface area (Å²) < 4.78 is 4.97. The number of benzene rings is 1. The summed E-state index contributed by atoms with van der Waals surface area (Å²) in [6.45, 7) is 1.92. The van der Waals surface area contributed by atoms with Crippen LogP contribution < -0.4 is 11.2 Å². The molecule has 0 aliphatic carbocycles. The molecule has 2 aromatic rings. The van der Waals surface area contributed by atoms with Crippen LogP contribution in [0.1, 0.15) is 18.9 Å². The Morgan fingerprint density at radius 2 is 2.33 bits per heavy atom. The number of hydroxylamine groups is 1. The van der Waals surface area contributed by atoms with Gasteiger partial charge in [-0.3, -0.25) is 9.78 Å². The van der Waals surface area contributed by atoms with Crippen molar-refractivity contribution in [1.29, 1.82) is 0 Å². The van der Waals surface area contributed by atoms with E-state index in [1.807, 2.05) is 18.2 Å². The van der Waals surface area contributed by atoms with Crippen LogP contribution in [0.3, 0.4) is 0 Å². The molecule has 0 aliphatic rings. The van der Waals surface area contributed by atoms with E-state index in [0.29, 0.717) is 17.6 Å². The third-order valence-corrected chi connectivity index (χ3v) is 2.45. The van der Waals surface area contributed by atoms with Crippen molar-refractivity contribution in [3.63, 3.8) is 0 Å². The van der Waals surface area contributed by atoms with Gasteiger partial charge < -0.3 is 9.25 Å². The molecular weight excluding hydrogens is 236 g/mol. The molecule has 0 aliphatic heterocycles. The van der Waals surface area contributed by atoms with E-state index in [1.54, 1.807) is 0 Å². The Hall–Kier alpha value is -2.08. The van der Waals surface area contributed by atoms with Crippen LogP contribution in [-0.4, -0.2) is 17.5 Å². The van der Waals surface area contributed by atoms with E-state index in [0.717, 1.165) is 18.4 Å². The molecule has 0 amide bonds. The van der Waals surface area contributed by atoms with E-state index in [-0.39, 0.29) is 5.97 Å². The lowest BCUT2D eigenvalue weighted by atomic mass is 10.1. The second kappa shape index (κ2) is 5.50. The van der Waals surface area contributed by atoms with Crippen LogP contribution >= 0.6 is 0 Å². The van der Waals surface area contributed by atoms with Gasteiger partial charge >= 0.3 is 11.7 Å². The van der Waals surface area contributed by atoms with Crippen molar-refractivity contribution >= 4 is 17.1 Å². The second-order valence-electron chi connectivity index (χ2n) is 3.94. The first kappa shape index (κ1) is 12.4. The largest absolute Gasteiger partial charge is 0.417 e. The van der Waals surface area contributed by atoms with Gasteiger partial charge in [-0.1, -0.05) is 6.07 Å². The summed E-state index contributed by atoms with van der Waals surface area (Å²) in [6, 6.07) is 5.58. The van der Waals surface area contributed by atoms with Gasteiger partial charge in [0.1, 0.15) is 0 Å². The summed E-state index contributed by atoms with van der Waals surface area (Å²) in [7, 11) is 0. The predicted molar refractivity (Wildman–Crippen MR) is 64.9 cm³/mol. The lowest BCUT2D eigenvalue weighted by Crippen LogP contribution is -2.19. The van der Waals surface area contributed by atoms with Crippen LogP contribution in [0.25, 0.3) is 11.1 Å². The first-order valence-electron chi connectivity index (χ1n) is 5.67. The maximum absolute atomic E-state index is 11.0. The van der Waals surface area contributed by atoms with Gasteiger partial charge in [-0.2, -0.15) is 5.48 Å². The number of aromatic nitrogens is 1. The normalized spacial score (nSPS) is 10.7.